The molecular formula is C25H24ClN3O4. The minimum Gasteiger partial charge on any atom is -0.493 e. The van der Waals surface area contributed by atoms with Crippen LogP contribution < -0.4 is 20.1 Å². The molecule has 33 heavy (non-hydrogen) atoms. The summed E-state index contributed by atoms with van der Waals surface area (Å²) in [6.07, 6.45) is 3.79. The Morgan fingerprint density at radius 2 is 1.97 bits per heavy atom. The minimum atomic E-state index is -0.651. The fraction of sp³-hybridized carbons (Fsp3) is 0.200. The highest BCUT2D eigenvalue weighted by Gasteiger charge is 2.18. The van der Waals surface area contributed by atoms with Gasteiger partial charge in [-0.2, -0.15) is 0 Å². The lowest BCUT2D eigenvalue weighted by Gasteiger charge is -2.08. The van der Waals surface area contributed by atoms with E-state index in [9.17, 15) is 4.79 Å². The Morgan fingerprint density at radius 3 is 2.76 bits per heavy atom. The lowest BCUT2D eigenvalue weighted by Crippen LogP contribution is -2.17. The Morgan fingerprint density at radius 1 is 1.12 bits per heavy atom. The average molecular weight is 466 g/mol. The Kier molecular flexibility index (Phi) is 7.44. The maximum absolute atomic E-state index is 12.3. The van der Waals surface area contributed by atoms with Crippen LogP contribution in [0.1, 0.15) is 17.5 Å². The van der Waals surface area contributed by atoms with Crippen molar-refractivity contribution in [2.45, 2.75) is 19.9 Å². The van der Waals surface area contributed by atoms with Gasteiger partial charge in [0.05, 0.1) is 12.0 Å². The highest BCUT2D eigenvalue weighted by atomic mass is 35.5. The SMILES string of the molecule is Cc1c(OC(=O)Nc2ccc(Cl)cc2)oc2cccc(OCCCNCc3cccnc3)c12. The summed E-state index contributed by atoms with van der Waals surface area (Å²) in [6, 6.07) is 16.2. The number of hydrogen-bond acceptors (Lipinski definition) is 6. The molecule has 2 aromatic carbocycles. The second kappa shape index (κ2) is 10.8. The number of rotatable bonds is 9. The first kappa shape index (κ1) is 22.6. The van der Waals surface area contributed by atoms with Crippen molar-refractivity contribution in [2.24, 2.45) is 0 Å². The fourth-order valence-corrected chi connectivity index (χ4v) is 3.46. The molecule has 170 valence electrons. The van der Waals surface area contributed by atoms with E-state index in [1.54, 1.807) is 30.5 Å². The number of carbonyl (C=O) groups excluding carboxylic acids is 1. The van der Waals surface area contributed by atoms with Crippen LogP contribution in [0.3, 0.4) is 0 Å². The van der Waals surface area contributed by atoms with Gasteiger partial charge in [-0.3, -0.25) is 10.3 Å². The van der Waals surface area contributed by atoms with Crippen LogP contribution in [0.5, 0.6) is 11.7 Å². The smallest absolute Gasteiger partial charge is 0.419 e. The molecule has 0 spiro atoms. The van der Waals surface area contributed by atoms with Crippen molar-refractivity contribution in [3.05, 3.63) is 83.1 Å². The van der Waals surface area contributed by atoms with Crippen LogP contribution in [-0.2, 0) is 6.54 Å². The average Bonchev–Trinajstić information content (AvgIpc) is 3.14. The molecule has 1 amide bonds. The van der Waals surface area contributed by atoms with Gasteiger partial charge in [-0.25, -0.2) is 4.79 Å². The zero-order valence-electron chi connectivity index (χ0n) is 18.1. The third kappa shape index (κ3) is 6.03. The normalized spacial score (nSPS) is 10.8. The molecule has 8 heteroatoms. The molecular weight excluding hydrogens is 442 g/mol. The van der Waals surface area contributed by atoms with E-state index in [4.69, 9.17) is 25.5 Å². The van der Waals surface area contributed by atoms with Crippen molar-refractivity contribution >= 4 is 34.4 Å². The number of halogens is 1. The summed E-state index contributed by atoms with van der Waals surface area (Å²) >= 11 is 5.87. The van der Waals surface area contributed by atoms with Crippen LogP contribution in [0, 0.1) is 6.92 Å². The number of amides is 1. The summed E-state index contributed by atoms with van der Waals surface area (Å²) in [6.45, 7) is 3.95. The van der Waals surface area contributed by atoms with E-state index >= 15 is 0 Å². The molecule has 0 bridgehead atoms. The van der Waals surface area contributed by atoms with Gasteiger partial charge in [-0.1, -0.05) is 23.7 Å². The summed E-state index contributed by atoms with van der Waals surface area (Å²) in [7, 11) is 0. The summed E-state index contributed by atoms with van der Waals surface area (Å²) in [5.41, 5.74) is 3.00. The largest absolute Gasteiger partial charge is 0.493 e. The summed E-state index contributed by atoms with van der Waals surface area (Å²) in [4.78, 5) is 16.4. The highest BCUT2D eigenvalue weighted by Crippen LogP contribution is 2.37. The molecule has 0 saturated carbocycles. The fourth-order valence-electron chi connectivity index (χ4n) is 3.34. The maximum atomic E-state index is 12.3. The lowest BCUT2D eigenvalue weighted by molar-refractivity contribution is 0.203. The Balaban J connectivity index is 1.32. The third-order valence-electron chi connectivity index (χ3n) is 4.96. The zero-order chi connectivity index (χ0) is 23.0. The van der Waals surface area contributed by atoms with Crippen molar-refractivity contribution in [2.75, 3.05) is 18.5 Å². The number of carbonyl (C=O) groups is 1. The molecule has 4 rings (SSSR count). The van der Waals surface area contributed by atoms with Crippen LogP contribution in [0.2, 0.25) is 5.02 Å². The first-order valence-corrected chi connectivity index (χ1v) is 11.0. The van der Waals surface area contributed by atoms with Crippen molar-refractivity contribution in [3.8, 4) is 11.7 Å². The monoisotopic (exact) mass is 465 g/mol. The van der Waals surface area contributed by atoms with E-state index in [-0.39, 0.29) is 5.95 Å². The number of fused-ring (bicyclic) bond motifs is 1. The van der Waals surface area contributed by atoms with Gasteiger partial charge in [0, 0.05) is 35.2 Å². The van der Waals surface area contributed by atoms with E-state index in [0.717, 1.165) is 30.5 Å². The first-order chi connectivity index (χ1) is 16.1. The van der Waals surface area contributed by atoms with Gasteiger partial charge >= 0.3 is 6.09 Å². The van der Waals surface area contributed by atoms with Crippen LogP contribution >= 0.6 is 11.6 Å². The van der Waals surface area contributed by atoms with Crippen molar-refractivity contribution in [1.82, 2.24) is 10.3 Å². The number of hydrogen-bond donors (Lipinski definition) is 2. The van der Waals surface area contributed by atoms with Gasteiger partial charge in [0.1, 0.15) is 11.3 Å². The molecule has 0 saturated heterocycles. The number of benzene rings is 2. The number of nitrogens with one attached hydrogen (secondary N) is 2. The topological polar surface area (TPSA) is 85.6 Å². The van der Waals surface area contributed by atoms with E-state index in [2.05, 4.69) is 15.6 Å². The standard InChI is InChI=1S/C25H24ClN3O4/c1-17-23-21(31-14-4-13-28-16-18-5-3-12-27-15-18)6-2-7-22(23)32-24(17)33-25(30)29-20-10-8-19(26)9-11-20/h2-3,5-12,15,28H,4,13-14,16H2,1H3,(H,29,30). The van der Waals surface area contributed by atoms with Gasteiger partial charge in [-0.15, -0.1) is 0 Å². The van der Waals surface area contributed by atoms with Crippen LogP contribution in [0.15, 0.2) is 71.4 Å². The predicted molar refractivity (Wildman–Crippen MR) is 128 cm³/mol. The Bertz CT molecular complexity index is 1210. The van der Waals surface area contributed by atoms with E-state index < -0.39 is 6.09 Å². The molecule has 4 aromatic rings. The molecule has 0 aliphatic rings. The zero-order valence-corrected chi connectivity index (χ0v) is 18.9. The molecule has 0 radical (unpaired) electrons. The summed E-state index contributed by atoms with van der Waals surface area (Å²) < 4.78 is 17.2. The third-order valence-corrected chi connectivity index (χ3v) is 5.21. The maximum Gasteiger partial charge on any atom is 0.419 e. The molecule has 0 aliphatic carbocycles. The lowest BCUT2D eigenvalue weighted by atomic mass is 10.1. The second-order valence-corrected chi connectivity index (χ2v) is 7.84. The molecule has 0 atom stereocenters. The van der Waals surface area contributed by atoms with Crippen LogP contribution in [0.25, 0.3) is 11.0 Å². The molecule has 0 aliphatic heterocycles. The van der Waals surface area contributed by atoms with Gasteiger partial charge in [-0.05, 0) is 67.9 Å². The number of nitrogens with zero attached hydrogens (tertiary/aromatic N) is 1. The van der Waals surface area contributed by atoms with Gasteiger partial charge in [0.25, 0.3) is 5.95 Å². The Hall–Kier alpha value is -3.55. The molecule has 2 aromatic heterocycles. The van der Waals surface area contributed by atoms with Crippen LogP contribution in [-0.4, -0.2) is 24.2 Å². The van der Waals surface area contributed by atoms with E-state index in [0.29, 0.717) is 34.2 Å². The summed E-state index contributed by atoms with van der Waals surface area (Å²) in [5.74, 6) is 0.819. The molecule has 2 N–H and O–H groups in total. The second-order valence-electron chi connectivity index (χ2n) is 7.41. The number of ether oxygens (including phenoxy) is 2. The van der Waals surface area contributed by atoms with Gasteiger partial charge < -0.3 is 19.2 Å². The predicted octanol–water partition coefficient (Wildman–Crippen LogP) is 5.96. The molecule has 7 nitrogen and oxygen atoms in total. The quantitative estimate of drug-likeness (QED) is 0.297. The van der Waals surface area contributed by atoms with Crippen molar-refractivity contribution in [3.63, 3.8) is 0 Å². The van der Waals surface area contributed by atoms with Crippen molar-refractivity contribution in [1.29, 1.82) is 0 Å². The number of aryl methyl sites for hydroxylation is 1. The highest BCUT2D eigenvalue weighted by molar-refractivity contribution is 6.30. The number of aromatic nitrogens is 1. The van der Waals surface area contributed by atoms with E-state index in [1.165, 1.54) is 0 Å². The van der Waals surface area contributed by atoms with E-state index in [1.807, 2.05) is 43.5 Å². The summed E-state index contributed by atoms with van der Waals surface area (Å²) in [5, 5.41) is 7.39. The minimum absolute atomic E-state index is 0.130. The van der Waals surface area contributed by atoms with Gasteiger partial charge in [0.15, 0.2) is 0 Å². The number of anilines is 1. The van der Waals surface area contributed by atoms with Crippen LogP contribution in [0.4, 0.5) is 10.5 Å². The number of furan rings is 1. The van der Waals surface area contributed by atoms with Gasteiger partial charge in [0.2, 0.25) is 0 Å². The molecule has 0 unspecified atom stereocenters. The van der Waals surface area contributed by atoms with Crippen molar-refractivity contribution < 1.29 is 18.7 Å². The number of pyridine rings is 1. The first-order valence-electron chi connectivity index (χ1n) is 10.6. The Labute approximate surface area is 196 Å². The molecule has 2 heterocycles. The molecule has 0 fully saturated rings.